The van der Waals surface area contributed by atoms with Gasteiger partial charge < -0.3 is 0 Å². The van der Waals surface area contributed by atoms with E-state index in [-0.39, 0.29) is 5.41 Å². The molecular formula is C9H11N. The molecule has 1 atom stereocenters. The van der Waals surface area contributed by atoms with Crippen molar-refractivity contribution in [2.24, 2.45) is 5.41 Å². The second kappa shape index (κ2) is 2.30. The highest BCUT2D eigenvalue weighted by Crippen LogP contribution is 2.27. The zero-order valence-corrected chi connectivity index (χ0v) is 6.39. The number of hydrogen-bond acceptors (Lipinski definition) is 1. The molecule has 0 amide bonds. The summed E-state index contributed by atoms with van der Waals surface area (Å²) in [6, 6.07) is 2.27. The fourth-order valence-corrected chi connectivity index (χ4v) is 0.907. The Morgan fingerprint density at radius 2 is 2.40 bits per heavy atom. The predicted octanol–water partition coefficient (Wildman–Crippen LogP) is 2.42. The first kappa shape index (κ1) is 7.08. The summed E-state index contributed by atoms with van der Waals surface area (Å²) in [6.45, 7) is 4.00. The molecule has 0 aromatic heterocycles. The van der Waals surface area contributed by atoms with Gasteiger partial charge in [0, 0.05) is 0 Å². The minimum Gasteiger partial charge on any atom is -0.197 e. The molecule has 0 aromatic rings. The molecule has 0 N–H and O–H groups in total. The maximum absolute atomic E-state index is 8.71. The van der Waals surface area contributed by atoms with E-state index >= 15 is 0 Å². The molecule has 1 unspecified atom stereocenters. The molecule has 0 bridgehead atoms. The van der Waals surface area contributed by atoms with Gasteiger partial charge >= 0.3 is 0 Å². The van der Waals surface area contributed by atoms with Gasteiger partial charge in [-0.3, -0.25) is 0 Å². The topological polar surface area (TPSA) is 23.8 Å². The number of hydrogen-bond donors (Lipinski definition) is 0. The number of nitriles is 1. The molecule has 1 rings (SSSR count). The van der Waals surface area contributed by atoms with Gasteiger partial charge in [-0.15, -0.1) is 0 Å². The summed E-state index contributed by atoms with van der Waals surface area (Å²) in [4.78, 5) is 0. The van der Waals surface area contributed by atoms with Crippen LogP contribution in [0.15, 0.2) is 23.8 Å². The van der Waals surface area contributed by atoms with Crippen molar-refractivity contribution in [3.8, 4) is 6.07 Å². The van der Waals surface area contributed by atoms with Gasteiger partial charge in [-0.1, -0.05) is 23.8 Å². The van der Waals surface area contributed by atoms with Gasteiger partial charge in [0.25, 0.3) is 0 Å². The fraction of sp³-hybridized carbons (Fsp3) is 0.444. The van der Waals surface area contributed by atoms with Crippen LogP contribution in [-0.4, -0.2) is 0 Å². The zero-order valence-electron chi connectivity index (χ0n) is 6.39. The summed E-state index contributed by atoms with van der Waals surface area (Å²) in [5.41, 5.74) is 1.01. The summed E-state index contributed by atoms with van der Waals surface area (Å²) < 4.78 is 0. The molecule has 52 valence electrons. The van der Waals surface area contributed by atoms with Gasteiger partial charge in [-0.25, -0.2) is 0 Å². The molecule has 0 heterocycles. The van der Waals surface area contributed by atoms with E-state index in [0.29, 0.717) is 0 Å². The highest BCUT2D eigenvalue weighted by molar-refractivity contribution is 5.28. The van der Waals surface area contributed by atoms with Gasteiger partial charge in [-0.2, -0.15) is 5.26 Å². The standard InChI is InChI=1S/C9H11N/c1-8-3-5-9(2,7-10)6-4-8/h3-5H,6H2,1-2H3. The van der Waals surface area contributed by atoms with Gasteiger partial charge in [0.1, 0.15) is 0 Å². The third kappa shape index (κ3) is 1.27. The second-order valence-corrected chi connectivity index (χ2v) is 3.01. The molecule has 0 aliphatic heterocycles. The molecule has 1 aliphatic rings. The van der Waals surface area contributed by atoms with Crippen LogP contribution in [0.1, 0.15) is 20.3 Å². The molecule has 0 saturated heterocycles. The van der Waals surface area contributed by atoms with Gasteiger partial charge in [-0.05, 0) is 20.3 Å². The Morgan fingerprint density at radius 1 is 1.70 bits per heavy atom. The SMILES string of the molecule is CC1=CCC(C)(C#N)C=C1. The van der Waals surface area contributed by atoms with Crippen molar-refractivity contribution in [1.29, 1.82) is 5.26 Å². The number of nitrogens with zero attached hydrogens (tertiary/aromatic N) is 1. The minimum atomic E-state index is -0.250. The molecular weight excluding hydrogens is 122 g/mol. The summed E-state index contributed by atoms with van der Waals surface area (Å²) in [5, 5.41) is 8.71. The molecule has 0 spiro atoms. The number of rotatable bonds is 0. The average Bonchev–Trinajstić information content (AvgIpc) is 1.96. The lowest BCUT2D eigenvalue weighted by atomic mass is 9.84. The molecule has 1 nitrogen and oxygen atoms in total. The lowest BCUT2D eigenvalue weighted by molar-refractivity contribution is 0.570. The van der Waals surface area contributed by atoms with Gasteiger partial charge in [0.15, 0.2) is 0 Å². The van der Waals surface area contributed by atoms with Crippen molar-refractivity contribution in [2.45, 2.75) is 20.3 Å². The van der Waals surface area contributed by atoms with Crippen molar-refractivity contribution < 1.29 is 0 Å². The van der Waals surface area contributed by atoms with Crippen molar-refractivity contribution in [3.63, 3.8) is 0 Å². The van der Waals surface area contributed by atoms with Crippen LogP contribution in [0.25, 0.3) is 0 Å². The highest BCUT2D eigenvalue weighted by Gasteiger charge is 2.20. The van der Waals surface area contributed by atoms with Crippen molar-refractivity contribution in [3.05, 3.63) is 23.8 Å². The molecule has 0 fully saturated rings. The first-order chi connectivity index (χ1) is 4.66. The van der Waals surface area contributed by atoms with E-state index in [0.717, 1.165) is 6.42 Å². The maximum Gasteiger partial charge on any atom is 0.0763 e. The summed E-state index contributed by atoms with van der Waals surface area (Å²) in [6.07, 6.45) is 6.93. The summed E-state index contributed by atoms with van der Waals surface area (Å²) in [7, 11) is 0. The molecule has 0 radical (unpaired) electrons. The smallest absolute Gasteiger partial charge is 0.0763 e. The Labute approximate surface area is 61.7 Å². The largest absolute Gasteiger partial charge is 0.197 e. The molecule has 1 heteroatoms. The predicted molar refractivity (Wildman–Crippen MR) is 41.2 cm³/mol. The van der Waals surface area contributed by atoms with E-state index in [1.165, 1.54) is 5.57 Å². The summed E-state index contributed by atoms with van der Waals surface area (Å²) >= 11 is 0. The fourth-order valence-electron chi connectivity index (χ4n) is 0.907. The monoisotopic (exact) mass is 133 g/mol. The van der Waals surface area contributed by atoms with Crippen molar-refractivity contribution >= 4 is 0 Å². The molecule has 0 saturated carbocycles. The van der Waals surface area contributed by atoms with E-state index < -0.39 is 0 Å². The van der Waals surface area contributed by atoms with E-state index in [1.807, 2.05) is 26.0 Å². The van der Waals surface area contributed by atoms with Crippen LogP contribution in [0.4, 0.5) is 0 Å². The van der Waals surface area contributed by atoms with Crippen LogP contribution in [-0.2, 0) is 0 Å². The Balaban J connectivity index is 2.80. The third-order valence-electron chi connectivity index (χ3n) is 1.82. The van der Waals surface area contributed by atoms with Crippen LogP contribution in [0.2, 0.25) is 0 Å². The Morgan fingerprint density at radius 3 is 2.80 bits per heavy atom. The van der Waals surface area contributed by atoms with E-state index in [4.69, 9.17) is 5.26 Å². The van der Waals surface area contributed by atoms with E-state index in [2.05, 4.69) is 12.1 Å². The average molecular weight is 133 g/mol. The third-order valence-corrected chi connectivity index (χ3v) is 1.82. The van der Waals surface area contributed by atoms with Crippen molar-refractivity contribution in [1.82, 2.24) is 0 Å². The molecule has 0 aromatic carbocycles. The normalized spacial score (nSPS) is 31.1. The van der Waals surface area contributed by atoms with Crippen LogP contribution in [0.5, 0.6) is 0 Å². The first-order valence-corrected chi connectivity index (χ1v) is 3.43. The van der Waals surface area contributed by atoms with E-state index in [1.54, 1.807) is 0 Å². The lowest BCUT2D eigenvalue weighted by Gasteiger charge is -2.17. The van der Waals surface area contributed by atoms with Gasteiger partial charge in [0.2, 0.25) is 0 Å². The molecule has 10 heavy (non-hydrogen) atoms. The second-order valence-electron chi connectivity index (χ2n) is 3.01. The van der Waals surface area contributed by atoms with Crippen LogP contribution >= 0.6 is 0 Å². The first-order valence-electron chi connectivity index (χ1n) is 3.43. The Hall–Kier alpha value is -1.03. The van der Waals surface area contributed by atoms with Crippen molar-refractivity contribution in [2.75, 3.05) is 0 Å². The van der Waals surface area contributed by atoms with Gasteiger partial charge in [0.05, 0.1) is 11.5 Å². The van der Waals surface area contributed by atoms with Crippen LogP contribution < -0.4 is 0 Å². The minimum absolute atomic E-state index is 0.250. The zero-order chi connectivity index (χ0) is 7.61. The van der Waals surface area contributed by atoms with E-state index in [9.17, 15) is 0 Å². The summed E-state index contributed by atoms with van der Waals surface area (Å²) in [5.74, 6) is 0. The Bertz CT molecular complexity index is 230. The van der Waals surface area contributed by atoms with Crippen LogP contribution in [0, 0.1) is 16.7 Å². The van der Waals surface area contributed by atoms with Crippen LogP contribution in [0.3, 0.4) is 0 Å². The highest BCUT2D eigenvalue weighted by atomic mass is 14.3. The maximum atomic E-state index is 8.71. The lowest BCUT2D eigenvalue weighted by Crippen LogP contribution is -2.10. The number of allylic oxidation sites excluding steroid dienone is 4. The Kier molecular flexibility index (Phi) is 1.63. The quantitative estimate of drug-likeness (QED) is 0.498. The molecule has 1 aliphatic carbocycles.